The lowest BCUT2D eigenvalue weighted by atomic mass is 9.99. The predicted molar refractivity (Wildman–Crippen MR) is 125 cm³/mol. The molecule has 168 valence electrons. The van der Waals surface area contributed by atoms with Gasteiger partial charge in [-0.1, -0.05) is 0 Å². The molecule has 3 unspecified atom stereocenters. The van der Waals surface area contributed by atoms with E-state index in [1.54, 1.807) is 0 Å². The van der Waals surface area contributed by atoms with Gasteiger partial charge in [0.2, 0.25) is 0 Å². The van der Waals surface area contributed by atoms with Gasteiger partial charge in [-0.25, -0.2) is 0 Å². The maximum absolute atomic E-state index is 10.8. The molecule has 0 spiro atoms. The Morgan fingerprint density at radius 3 is 1.39 bits per heavy atom. The summed E-state index contributed by atoms with van der Waals surface area (Å²) in [4.78, 5) is 0. The zero-order valence-corrected chi connectivity index (χ0v) is 24.1. The number of ether oxygens (including phenoxy) is 1. The first-order valence-corrected chi connectivity index (χ1v) is 23.9. The lowest BCUT2D eigenvalue weighted by Crippen LogP contribution is -2.66. The molecule has 1 N–H and O–H groups in total. The van der Waals surface area contributed by atoms with E-state index in [9.17, 15) is 5.11 Å². The zero-order valence-electron chi connectivity index (χ0n) is 20.1. The zero-order chi connectivity index (χ0) is 22.1. The Kier molecular flexibility index (Phi) is 8.96. The largest absolute Gasteiger partial charge is 0.415 e. The molecule has 1 aliphatic rings. The summed E-state index contributed by atoms with van der Waals surface area (Å²) < 4.78 is 31.7. The predicted octanol–water partition coefficient (Wildman–Crippen LogP) is 4.22. The van der Waals surface area contributed by atoms with Crippen molar-refractivity contribution in [1.29, 1.82) is 0 Å². The van der Waals surface area contributed by atoms with E-state index in [2.05, 4.69) is 78.6 Å². The molecule has 5 atom stereocenters. The molecule has 1 saturated heterocycles. The van der Waals surface area contributed by atoms with E-state index in [-0.39, 0.29) is 18.3 Å². The molecule has 0 aromatic heterocycles. The van der Waals surface area contributed by atoms with Gasteiger partial charge < -0.3 is 27.5 Å². The van der Waals surface area contributed by atoms with Crippen LogP contribution in [0.1, 0.15) is 0 Å². The van der Waals surface area contributed by atoms with E-state index >= 15 is 0 Å². The number of hydrogen-bond donors (Lipinski definition) is 1. The highest BCUT2D eigenvalue weighted by Crippen LogP contribution is 2.33. The molecule has 1 rings (SSSR count). The highest BCUT2D eigenvalue weighted by atomic mass is 28.4. The topological polar surface area (TPSA) is 66.4 Å². The average molecular weight is 469 g/mol. The molecule has 0 radical (unpaired) electrons. The van der Waals surface area contributed by atoms with E-state index in [1.807, 2.05) is 0 Å². The summed E-state index contributed by atoms with van der Waals surface area (Å²) in [5, 5.41) is 10.8. The van der Waals surface area contributed by atoms with Gasteiger partial charge in [-0.2, -0.15) is 0 Å². The molecule has 0 aromatic rings. The van der Waals surface area contributed by atoms with Crippen molar-refractivity contribution in [3.8, 4) is 0 Å². The Labute approximate surface area is 176 Å². The van der Waals surface area contributed by atoms with E-state index in [1.165, 1.54) is 0 Å². The maximum atomic E-state index is 10.8. The van der Waals surface area contributed by atoms with Crippen LogP contribution in [-0.2, 0) is 22.4 Å². The van der Waals surface area contributed by atoms with Gasteiger partial charge in [0.05, 0.1) is 6.61 Å². The van der Waals surface area contributed by atoms with Gasteiger partial charge in [-0.15, -0.1) is 0 Å². The van der Waals surface area contributed by atoms with Crippen molar-refractivity contribution in [3.63, 3.8) is 0 Å². The van der Waals surface area contributed by atoms with Crippen molar-refractivity contribution >= 4 is 33.3 Å². The van der Waals surface area contributed by atoms with Crippen LogP contribution in [0, 0.1) is 0 Å². The highest BCUT2D eigenvalue weighted by Gasteiger charge is 2.51. The number of aliphatic hydroxyl groups excluding tert-OH is 1. The Balaban J connectivity index is 3.26. The standard InChI is InChI=1S/C18H44O6Si4/c1-25(2,3)20-13-14-15(22-26(4,5)6)16(23-27(7,8)9)17(18(19)21-14)24-28(10,11)12/h14-19H,13H2,1-12H3/t14?,15-,16?,17?,18-/m1/s1. The molecule has 1 heterocycles. The van der Waals surface area contributed by atoms with E-state index in [4.69, 9.17) is 22.4 Å². The summed E-state index contributed by atoms with van der Waals surface area (Å²) in [6.07, 6.45) is -2.67. The minimum absolute atomic E-state index is 0.320. The van der Waals surface area contributed by atoms with Gasteiger partial charge in [0, 0.05) is 0 Å². The number of aliphatic hydroxyl groups is 1. The molecular formula is C18H44O6Si4. The van der Waals surface area contributed by atoms with Crippen molar-refractivity contribution in [1.82, 2.24) is 0 Å². The van der Waals surface area contributed by atoms with Gasteiger partial charge >= 0.3 is 0 Å². The smallest absolute Gasteiger partial charge is 0.184 e. The molecule has 1 fully saturated rings. The Morgan fingerprint density at radius 2 is 1.00 bits per heavy atom. The van der Waals surface area contributed by atoms with Crippen molar-refractivity contribution < 1.29 is 27.5 Å². The molecule has 0 aromatic carbocycles. The first-order valence-electron chi connectivity index (χ1n) is 10.3. The van der Waals surface area contributed by atoms with Crippen molar-refractivity contribution in [2.75, 3.05) is 6.61 Å². The van der Waals surface area contributed by atoms with Gasteiger partial charge in [0.1, 0.15) is 24.4 Å². The SMILES string of the molecule is C[Si](C)(C)OCC1O[C@@H](O)C(O[Si](C)(C)C)C(O[Si](C)(C)C)[C@@H]1O[Si](C)(C)C. The molecule has 0 amide bonds. The Hall–Kier alpha value is 0.628. The normalized spacial score (nSPS) is 30.5. The third kappa shape index (κ3) is 10.1. The lowest BCUT2D eigenvalue weighted by molar-refractivity contribution is -0.274. The van der Waals surface area contributed by atoms with E-state index in [0.29, 0.717) is 6.61 Å². The molecule has 28 heavy (non-hydrogen) atoms. The number of hydrogen-bond acceptors (Lipinski definition) is 6. The lowest BCUT2D eigenvalue weighted by Gasteiger charge is -2.49. The quantitative estimate of drug-likeness (QED) is 0.511. The van der Waals surface area contributed by atoms with Crippen molar-refractivity contribution in [3.05, 3.63) is 0 Å². The van der Waals surface area contributed by atoms with E-state index < -0.39 is 45.7 Å². The van der Waals surface area contributed by atoms with Gasteiger partial charge in [-0.05, 0) is 78.6 Å². The Bertz CT molecular complexity index is 492. The fourth-order valence-electron chi connectivity index (χ4n) is 2.99. The Morgan fingerprint density at radius 1 is 0.607 bits per heavy atom. The third-order valence-corrected chi connectivity index (χ3v) is 7.73. The van der Waals surface area contributed by atoms with Crippen LogP contribution in [0.25, 0.3) is 0 Å². The van der Waals surface area contributed by atoms with Crippen LogP contribution >= 0.6 is 0 Å². The first kappa shape index (κ1) is 26.7. The summed E-state index contributed by atoms with van der Waals surface area (Å²) in [6.45, 7) is 26.1. The minimum atomic E-state index is -1.94. The average Bonchev–Trinajstić information content (AvgIpc) is 2.39. The third-order valence-electron chi connectivity index (χ3n) is 3.76. The summed E-state index contributed by atoms with van der Waals surface area (Å²) in [7, 11) is -7.50. The van der Waals surface area contributed by atoms with Crippen LogP contribution in [0.5, 0.6) is 0 Å². The second-order valence-corrected chi connectivity index (χ2v) is 29.5. The van der Waals surface area contributed by atoms with Crippen LogP contribution in [0.15, 0.2) is 0 Å². The minimum Gasteiger partial charge on any atom is -0.415 e. The molecule has 0 saturated carbocycles. The molecule has 6 nitrogen and oxygen atoms in total. The fraction of sp³-hybridized carbons (Fsp3) is 1.00. The monoisotopic (exact) mass is 468 g/mol. The second kappa shape index (κ2) is 9.41. The molecule has 10 heteroatoms. The van der Waals surface area contributed by atoms with Crippen molar-refractivity contribution in [2.45, 2.75) is 109 Å². The van der Waals surface area contributed by atoms with Crippen LogP contribution in [0.2, 0.25) is 78.6 Å². The molecule has 0 bridgehead atoms. The summed E-state index contributed by atoms with van der Waals surface area (Å²) in [5.41, 5.74) is 0. The van der Waals surface area contributed by atoms with Crippen LogP contribution < -0.4 is 0 Å². The molecule has 1 aliphatic heterocycles. The summed E-state index contributed by atoms with van der Waals surface area (Å²) in [5.74, 6) is 0. The van der Waals surface area contributed by atoms with Gasteiger partial charge in [0.15, 0.2) is 39.6 Å². The van der Waals surface area contributed by atoms with Crippen LogP contribution in [0.3, 0.4) is 0 Å². The van der Waals surface area contributed by atoms with Gasteiger partial charge in [0.25, 0.3) is 0 Å². The molecular weight excluding hydrogens is 425 g/mol. The van der Waals surface area contributed by atoms with Gasteiger partial charge in [-0.3, -0.25) is 0 Å². The fourth-order valence-corrected chi connectivity index (χ4v) is 6.91. The maximum Gasteiger partial charge on any atom is 0.184 e. The van der Waals surface area contributed by atoms with Crippen molar-refractivity contribution in [2.24, 2.45) is 0 Å². The summed E-state index contributed by atoms with van der Waals surface area (Å²) >= 11 is 0. The van der Waals surface area contributed by atoms with E-state index in [0.717, 1.165) is 0 Å². The first-order chi connectivity index (χ1) is 12.3. The highest BCUT2D eigenvalue weighted by molar-refractivity contribution is 6.71. The van der Waals surface area contributed by atoms with Crippen LogP contribution in [-0.4, -0.2) is 75.7 Å². The summed E-state index contributed by atoms with van der Waals surface area (Å²) in [6, 6.07) is 0. The molecule has 0 aliphatic carbocycles. The van der Waals surface area contributed by atoms with Crippen LogP contribution in [0.4, 0.5) is 0 Å². The second-order valence-electron chi connectivity index (χ2n) is 11.6. The number of rotatable bonds is 9.